The summed E-state index contributed by atoms with van der Waals surface area (Å²) in [4.78, 5) is 12.0. The summed E-state index contributed by atoms with van der Waals surface area (Å²) in [6.07, 6.45) is 2.26. The second-order valence-corrected chi connectivity index (χ2v) is 4.41. The van der Waals surface area contributed by atoms with E-state index >= 15 is 0 Å². The van der Waals surface area contributed by atoms with Gasteiger partial charge in [-0.15, -0.1) is 0 Å². The third kappa shape index (κ3) is 1.69. The highest BCUT2D eigenvalue weighted by Crippen LogP contribution is 2.32. The van der Waals surface area contributed by atoms with E-state index in [9.17, 15) is 10.2 Å². The lowest BCUT2D eigenvalue weighted by Gasteiger charge is -2.21. The molecule has 0 aromatic carbocycles. The second kappa shape index (κ2) is 4.26. The van der Waals surface area contributed by atoms with Gasteiger partial charge in [-0.1, -0.05) is 0 Å². The molecule has 0 radical (unpaired) electrons. The number of nitrogens with zero attached hydrogens (tertiary/aromatic N) is 4. The molecule has 3 rings (SSSR count). The summed E-state index contributed by atoms with van der Waals surface area (Å²) >= 11 is 0. The first-order valence-corrected chi connectivity index (χ1v) is 5.74. The SMILES string of the molecule is Nc1ncnc2c1ncn2[C@H]1[C@H](O)C=C(CO)[C@H]1O. The average molecular weight is 263 g/mol. The summed E-state index contributed by atoms with van der Waals surface area (Å²) in [5.41, 5.74) is 6.91. The lowest BCUT2D eigenvalue weighted by molar-refractivity contribution is 0.0795. The topological polar surface area (TPSA) is 130 Å². The van der Waals surface area contributed by atoms with Crippen molar-refractivity contribution >= 4 is 17.0 Å². The highest BCUT2D eigenvalue weighted by atomic mass is 16.3. The van der Waals surface area contributed by atoms with Gasteiger partial charge < -0.3 is 25.6 Å². The average Bonchev–Trinajstić information content (AvgIpc) is 2.92. The largest absolute Gasteiger partial charge is 0.392 e. The molecule has 3 atom stereocenters. The van der Waals surface area contributed by atoms with Gasteiger partial charge in [-0.05, 0) is 11.6 Å². The Bertz CT molecular complexity index is 653. The fourth-order valence-electron chi connectivity index (χ4n) is 2.37. The van der Waals surface area contributed by atoms with Gasteiger partial charge in [-0.25, -0.2) is 15.0 Å². The Hall–Kier alpha value is -2.03. The standard InChI is InChI=1S/C11H13N5O3/c12-10-7-11(14-3-13-10)16(4-15-7)8-6(18)1-5(2-17)9(8)19/h1,3-4,6,8-9,17-19H,2H2,(H2,12,13,14)/t6-,8+,9-/m1/s1. The molecule has 0 fully saturated rings. The molecule has 0 amide bonds. The molecule has 5 N–H and O–H groups in total. The number of fused-ring (bicyclic) bond motifs is 1. The number of imidazole rings is 1. The molecule has 0 unspecified atom stereocenters. The number of aliphatic hydroxyl groups is 3. The molecule has 2 aromatic rings. The van der Waals surface area contributed by atoms with Crippen LogP contribution in [0.3, 0.4) is 0 Å². The molecule has 1 aliphatic carbocycles. The van der Waals surface area contributed by atoms with Gasteiger partial charge in [0.15, 0.2) is 11.5 Å². The predicted molar refractivity (Wildman–Crippen MR) is 66.0 cm³/mol. The molecule has 2 heterocycles. The second-order valence-electron chi connectivity index (χ2n) is 4.41. The monoisotopic (exact) mass is 263 g/mol. The Morgan fingerprint density at radius 3 is 2.74 bits per heavy atom. The fourth-order valence-corrected chi connectivity index (χ4v) is 2.37. The maximum Gasteiger partial charge on any atom is 0.165 e. The molecule has 0 spiro atoms. The van der Waals surface area contributed by atoms with Gasteiger partial charge >= 0.3 is 0 Å². The maximum atomic E-state index is 10.1. The number of hydrogen-bond acceptors (Lipinski definition) is 7. The number of rotatable bonds is 2. The van der Waals surface area contributed by atoms with Crippen LogP contribution in [0.5, 0.6) is 0 Å². The first-order valence-electron chi connectivity index (χ1n) is 5.74. The Kier molecular flexibility index (Phi) is 2.70. The zero-order valence-electron chi connectivity index (χ0n) is 9.88. The van der Waals surface area contributed by atoms with E-state index < -0.39 is 18.2 Å². The Balaban J connectivity index is 2.09. The van der Waals surface area contributed by atoms with Crippen molar-refractivity contribution in [3.05, 3.63) is 24.3 Å². The normalized spacial score (nSPS) is 26.9. The first-order chi connectivity index (χ1) is 9.13. The van der Waals surface area contributed by atoms with Crippen molar-refractivity contribution in [1.29, 1.82) is 0 Å². The third-order valence-corrected chi connectivity index (χ3v) is 3.33. The van der Waals surface area contributed by atoms with Gasteiger partial charge in [0.2, 0.25) is 0 Å². The quantitative estimate of drug-likeness (QED) is 0.490. The lowest BCUT2D eigenvalue weighted by Crippen LogP contribution is -2.29. The van der Waals surface area contributed by atoms with Crippen molar-refractivity contribution in [2.45, 2.75) is 18.2 Å². The van der Waals surface area contributed by atoms with Crippen LogP contribution < -0.4 is 5.73 Å². The van der Waals surface area contributed by atoms with E-state index in [1.54, 1.807) is 4.57 Å². The van der Waals surface area contributed by atoms with E-state index in [1.807, 2.05) is 0 Å². The van der Waals surface area contributed by atoms with Crippen molar-refractivity contribution < 1.29 is 15.3 Å². The van der Waals surface area contributed by atoms with Crippen LogP contribution in [0.1, 0.15) is 6.04 Å². The first kappa shape index (κ1) is 12.0. The molecule has 2 aromatic heterocycles. The number of aliphatic hydroxyl groups excluding tert-OH is 3. The minimum absolute atomic E-state index is 0.237. The highest BCUT2D eigenvalue weighted by molar-refractivity contribution is 5.81. The van der Waals surface area contributed by atoms with Gasteiger partial charge in [0.1, 0.15) is 17.9 Å². The summed E-state index contributed by atoms with van der Waals surface area (Å²) in [5.74, 6) is 0.237. The molecule has 0 saturated heterocycles. The van der Waals surface area contributed by atoms with E-state index in [0.29, 0.717) is 16.7 Å². The molecule has 19 heavy (non-hydrogen) atoms. The van der Waals surface area contributed by atoms with Crippen LogP contribution in [-0.4, -0.2) is 53.7 Å². The number of nitrogen functional groups attached to an aromatic ring is 1. The number of hydrogen-bond donors (Lipinski definition) is 4. The van der Waals surface area contributed by atoms with Crippen molar-refractivity contribution in [3.63, 3.8) is 0 Å². The van der Waals surface area contributed by atoms with E-state index in [1.165, 1.54) is 18.7 Å². The van der Waals surface area contributed by atoms with Crippen LogP contribution in [0.4, 0.5) is 5.82 Å². The zero-order chi connectivity index (χ0) is 13.6. The van der Waals surface area contributed by atoms with Crippen LogP contribution in [0, 0.1) is 0 Å². The Morgan fingerprint density at radius 1 is 1.26 bits per heavy atom. The molecular weight excluding hydrogens is 250 g/mol. The van der Waals surface area contributed by atoms with Crippen molar-refractivity contribution in [2.75, 3.05) is 12.3 Å². The van der Waals surface area contributed by atoms with Crippen LogP contribution in [0.2, 0.25) is 0 Å². The maximum absolute atomic E-state index is 10.1. The van der Waals surface area contributed by atoms with Gasteiger partial charge in [0.05, 0.1) is 25.1 Å². The van der Waals surface area contributed by atoms with Crippen LogP contribution >= 0.6 is 0 Å². The summed E-state index contributed by atoms with van der Waals surface area (Å²) in [7, 11) is 0. The third-order valence-electron chi connectivity index (χ3n) is 3.33. The number of aromatic nitrogens is 4. The zero-order valence-corrected chi connectivity index (χ0v) is 9.88. The molecule has 0 aliphatic heterocycles. The highest BCUT2D eigenvalue weighted by Gasteiger charge is 2.37. The van der Waals surface area contributed by atoms with Crippen molar-refractivity contribution in [3.8, 4) is 0 Å². The van der Waals surface area contributed by atoms with Crippen molar-refractivity contribution in [2.24, 2.45) is 0 Å². The lowest BCUT2D eigenvalue weighted by atomic mass is 10.1. The van der Waals surface area contributed by atoms with Crippen LogP contribution in [-0.2, 0) is 0 Å². The van der Waals surface area contributed by atoms with Gasteiger partial charge in [0, 0.05) is 0 Å². The number of nitrogens with two attached hydrogens (primary N) is 1. The molecule has 0 saturated carbocycles. The number of anilines is 1. The van der Waals surface area contributed by atoms with Crippen molar-refractivity contribution in [1.82, 2.24) is 19.5 Å². The van der Waals surface area contributed by atoms with E-state index in [2.05, 4.69) is 15.0 Å². The predicted octanol–water partition coefficient (Wildman–Crippen LogP) is -1.40. The van der Waals surface area contributed by atoms with E-state index in [-0.39, 0.29) is 12.4 Å². The van der Waals surface area contributed by atoms with Crippen LogP contribution in [0.15, 0.2) is 24.3 Å². The van der Waals surface area contributed by atoms with Gasteiger partial charge in [-0.3, -0.25) is 0 Å². The van der Waals surface area contributed by atoms with E-state index in [4.69, 9.17) is 10.8 Å². The Morgan fingerprint density at radius 2 is 2.05 bits per heavy atom. The summed E-state index contributed by atoms with van der Waals surface area (Å²) < 4.78 is 1.54. The minimum atomic E-state index is -0.992. The molecule has 100 valence electrons. The molecular formula is C11H13N5O3. The molecule has 8 heteroatoms. The van der Waals surface area contributed by atoms with Crippen LogP contribution in [0.25, 0.3) is 11.2 Å². The van der Waals surface area contributed by atoms with Gasteiger partial charge in [0.25, 0.3) is 0 Å². The molecule has 0 bridgehead atoms. The fraction of sp³-hybridized carbons (Fsp3) is 0.364. The molecule has 8 nitrogen and oxygen atoms in total. The van der Waals surface area contributed by atoms with Gasteiger partial charge in [-0.2, -0.15) is 0 Å². The van der Waals surface area contributed by atoms with E-state index in [0.717, 1.165) is 0 Å². The smallest absolute Gasteiger partial charge is 0.165 e. The Labute approximate surface area is 107 Å². The summed E-state index contributed by atoms with van der Waals surface area (Å²) in [6, 6.07) is -0.679. The minimum Gasteiger partial charge on any atom is -0.392 e. The summed E-state index contributed by atoms with van der Waals surface area (Å²) in [5, 5.41) is 29.2. The molecule has 1 aliphatic rings. The summed E-state index contributed by atoms with van der Waals surface area (Å²) in [6.45, 7) is -0.307.